The predicted octanol–water partition coefficient (Wildman–Crippen LogP) is 3.26. The van der Waals surface area contributed by atoms with Crippen molar-refractivity contribution < 1.29 is 18.0 Å². The fraction of sp³-hybridized carbons (Fsp3) is 0.450. The smallest absolute Gasteiger partial charge is 0.358 e. The van der Waals surface area contributed by atoms with Crippen molar-refractivity contribution in [3.63, 3.8) is 0 Å². The van der Waals surface area contributed by atoms with E-state index in [2.05, 4.69) is 15.4 Å². The van der Waals surface area contributed by atoms with Crippen molar-refractivity contribution >= 4 is 17.4 Å². The topological polar surface area (TPSA) is 67.5 Å². The second-order valence-electron chi connectivity index (χ2n) is 7.67. The summed E-state index contributed by atoms with van der Waals surface area (Å²) in [6.07, 6.45) is 1.39. The van der Waals surface area contributed by atoms with Crippen LogP contribution in [0.15, 0.2) is 36.7 Å². The first kappa shape index (κ1) is 20.2. The third-order valence-electron chi connectivity index (χ3n) is 5.76. The van der Waals surface area contributed by atoms with E-state index in [1.54, 1.807) is 37.5 Å². The second-order valence-corrected chi connectivity index (χ2v) is 7.67. The van der Waals surface area contributed by atoms with Gasteiger partial charge in [-0.05, 0) is 43.9 Å². The minimum absolute atomic E-state index is 0.0675. The van der Waals surface area contributed by atoms with Crippen LogP contribution in [0.25, 0.3) is 5.65 Å². The zero-order chi connectivity index (χ0) is 21.5. The Morgan fingerprint density at radius 3 is 2.57 bits per heavy atom. The number of rotatable bonds is 4. The number of imidazole rings is 1. The van der Waals surface area contributed by atoms with E-state index in [1.807, 2.05) is 11.9 Å². The number of alkyl halides is 3. The minimum Gasteiger partial charge on any atom is -0.358 e. The third-order valence-corrected chi connectivity index (χ3v) is 5.76. The summed E-state index contributed by atoms with van der Waals surface area (Å²) in [4.78, 5) is 18.1. The van der Waals surface area contributed by atoms with Crippen LogP contribution in [0.5, 0.6) is 0 Å². The van der Waals surface area contributed by atoms with Crippen LogP contribution >= 0.6 is 0 Å². The van der Waals surface area contributed by atoms with E-state index >= 15 is 0 Å². The van der Waals surface area contributed by atoms with E-state index in [9.17, 15) is 18.0 Å². The van der Waals surface area contributed by atoms with Crippen molar-refractivity contribution in [1.82, 2.24) is 24.5 Å². The maximum absolute atomic E-state index is 13.1. The molecule has 0 aliphatic heterocycles. The molecule has 1 N–H and O–H groups in total. The number of hydrogen-bond donors (Lipinski definition) is 1. The largest absolute Gasteiger partial charge is 0.434 e. The number of carbonyl (C=O) groups is 1. The van der Waals surface area contributed by atoms with Gasteiger partial charge in [-0.25, -0.2) is 4.98 Å². The highest BCUT2D eigenvalue weighted by atomic mass is 19.4. The van der Waals surface area contributed by atoms with Crippen molar-refractivity contribution in [3.8, 4) is 0 Å². The SMILES string of the molecule is CN(c1cccc2nc(C(F)(F)F)cn12)C1CCC(NC(=O)c2ccnn2C)CC1. The van der Waals surface area contributed by atoms with Crippen molar-refractivity contribution in [2.75, 3.05) is 11.9 Å². The number of amides is 1. The number of carbonyl (C=O) groups excluding carboxylic acids is 1. The number of pyridine rings is 1. The van der Waals surface area contributed by atoms with E-state index < -0.39 is 11.9 Å². The molecule has 4 rings (SSSR count). The zero-order valence-corrected chi connectivity index (χ0v) is 16.7. The quantitative estimate of drug-likeness (QED) is 0.704. The molecule has 1 fully saturated rings. The average molecular weight is 420 g/mol. The van der Waals surface area contributed by atoms with Gasteiger partial charge in [-0.15, -0.1) is 0 Å². The summed E-state index contributed by atoms with van der Waals surface area (Å²) in [5.74, 6) is 0.521. The van der Waals surface area contributed by atoms with Gasteiger partial charge < -0.3 is 10.2 Å². The summed E-state index contributed by atoms with van der Waals surface area (Å²) in [5, 5.41) is 7.07. The van der Waals surface area contributed by atoms with E-state index in [4.69, 9.17) is 0 Å². The summed E-state index contributed by atoms with van der Waals surface area (Å²) in [6, 6.07) is 6.99. The maximum Gasteiger partial charge on any atom is 0.434 e. The molecule has 7 nitrogen and oxygen atoms in total. The number of aromatic nitrogens is 4. The van der Waals surface area contributed by atoms with Crippen molar-refractivity contribution in [2.45, 2.75) is 43.9 Å². The van der Waals surface area contributed by atoms with Gasteiger partial charge in [-0.1, -0.05) is 6.07 Å². The molecule has 0 atom stereocenters. The van der Waals surface area contributed by atoms with Crippen LogP contribution in [0, 0.1) is 0 Å². The highest BCUT2D eigenvalue weighted by Crippen LogP contribution is 2.31. The molecule has 1 aliphatic rings. The summed E-state index contributed by atoms with van der Waals surface area (Å²) in [6.45, 7) is 0. The molecule has 1 saturated carbocycles. The molecule has 10 heteroatoms. The van der Waals surface area contributed by atoms with Gasteiger partial charge in [0, 0.05) is 38.6 Å². The molecule has 1 amide bonds. The van der Waals surface area contributed by atoms with Gasteiger partial charge in [0.15, 0.2) is 5.69 Å². The molecule has 3 aromatic heterocycles. The van der Waals surface area contributed by atoms with Crippen molar-refractivity contribution in [1.29, 1.82) is 0 Å². The summed E-state index contributed by atoms with van der Waals surface area (Å²) >= 11 is 0. The van der Waals surface area contributed by atoms with Gasteiger partial charge in [-0.2, -0.15) is 18.3 Å². The standard InChI is InChI=1S/C20H23F3N6O/c1-27(18-5-3-4-17-26-16(12-29(17)18)20(21,22)23)14-8-6-13(7-9-14)25-19(30)15-10-11-24-28(15)2/h3-5,10-14H,6-9H2,1-2H3,(H,25,30). The Bertz CT molecular complexity index is 1050. The molecule has 3 heterocycles. The van der Waals surface area contributed by atoms with E-state index in [0.29, 0.717) is 11.5 Å². The molecule has 0 bridgehead atoms. The Kier molecular flexibility index (Phi) is 5.17. The molecule has 0 saturated heterocycles. The third kappa shape index (κ3) is 3.86. The number of nitrogens with zero attached hydrogens (tertiary/aromatic N) is 5. The number of aryl methyl sites for hydroxylation is 1. The van der Waals surface area contributed by atoms with Crippen LogP contribution in [0.2, 0.25) is 0 Å². The fourth-order valence-electron chi connectivity index (χ4n) is 4.07. The monoisotopic (exact) mass is 420 g/mol. The molecular formula is C20H23F3N6O. The van der Waals surface area contributed by atoms with E-state index in [1.165, 1.54) is 9.08 Å². The Labute approximate surface area is 171 Å². The predicted molar refractivity (Wildman–Crippen MR) is 105 cm³/mol. The van der Waals surface area contributed by atoms with Crippen LogP contribution in [-0.2, 0) is 13.2 Å². The summed E-state index contributed by atoms with van der Waals surface area (Å²) in [5.41, 5.74) is -0.116. The fourth-order valence-corrected chi connectivity index (χ4v) is 4.07. The van der Waals surface area contributed by atoms with Crippen LogP contribution in [0.1, 0.15) is 41.9 Å². The molecular weight excluding hydrogens is 397 g/mol. The lowest BCUT2D eigenvalue weighted by atomic mass is 9.90. The molecule has 1 aliphatic carbocycles. The van der Waals surface area contributed by atoms with Crippen LogP contribution < -0.4 is 10.2 Å². The van der Waals surface area contributed by atoms with Crippen molar-refractivity contribution in [2.24, 2.45) is 7.05 Å². The van der Waals surface area contributed by atoms with E-state index in [0.717, 1.165) is 31.9 Å². The first-order chi connectivity index (χ1) is 14.2. The van der Waals surface area contributed by atoms with E-state index in [-0.39, 0.29) is 23.6 Å². The lowest BCUT2D eigenvalue weighted by Gasteiger charge is -2.36. The van der Waals surface area contributed by atoms with Crippen molar-refractivity contribution in [3.05, 3.63) is 48.0 Å². The lowest BCUT2D eigenvalue weighted by Crippen LogP contribution is -2.43. The van der Waals surface area contributed by atoms with Crippen LogP contribution in [-0.4, -0.2) is 44.2 Å². The second kappa shape index (κ2) is 7.66. The normalized spacial score (nSPS) is 19.8. The molecule has 3 aromatic rings. The zero-order valence-electron chi connectivity index (χ0n) is 16.7. The molecule has 0 radical (unpaired) electrons. The van der Waals surface area contributed by atoms with Gasteiger partial charge in [0.2, 0.25) is 0 Å². The number of nitrogens with one attached hydrogen (secondary N) is 1. The van der Waals surface area contributed by atoms with Gasteiger partial charge in [0.1, 0.15) is 17.2 Å². The average Bonchev–Trinajstić information content (AvgIpc) is 3.33. The first-order valence-electron chi connectivity index (χ1n) is 9.81. The number of anilines is 1. The minimum atomic E-state index is -4.48. The molecule has 0 aromatic carbocycles. The summed E-state index contributed by atoms with van der Waals surface area (Å²) < 4.78 is 42.2. The van der Waals surface area contributed by atoms with Gasteiger partial charge >= 0.3 is 6.18 Å². The van der Waals surface area contributed by atoms with Gasteiger partial charge in [-0.3, -0.25) is 13.9 Å². The number of fused-ring (bicyclic) bond motifs is 1. The number of hydrogen-bond acceptors (Lipinski definition) is 4. The van der Waals surface area contributed by atoms with Gasteiger partial charge in [0.05, 0.1) is 0 Å². The Morgan fingerprint density at radius 2 is 1.93 bits per heavy atom. The first-order valence-corrected chi connectivity index (χ1v) is 9.81. The molecule has 0 spiro atoms. The van der Waals surface area contributed by atoms with Crippen LogP contribution in [0.3, 0.4) is 0 Å². The Balaban J connectivity index is 1.43. The Hall–Kier alpha value is -3.04. The highest BCUT2D eigenvalue weighted by molar-refractivity contribution is 5.92. The summed E-state index contributed by atoms with van der Waals surface area (Å²) in [7, 11) is 3.61. The number of halogens is 3. The molecule has 0 unspecified atom stereocenters. The highest BCUT2D eigenvalue weighted by Gasteiger charge is 2.34. The molecule has 30 heavy (non-hydrogen) atoms. The lowest BCUT2D eigenvalue weighted by molar-refractivity contribution is -0.140. The molecule has 160 valence electrons. The maximum atomic E-state index is 13.1. The van der Waals surface area contributed by atoms with Gasteiger partial charge in [0.25, 0.3) is 5.91 Å². The Morgan fingerprint density at radius 1 is 1.20 bits per heavy atom. The van der Waals surface area contributed by atoms with Crippen LogP contribution in [0.4, 0.5) is 19.0 Å².